The number of carbonyl (C=O) groups is 3. The summed E-state index contributed by atoms with van der Waals surface area (Å²) in [5, 5.41) is 13.3. The number of rotatable bonds is 6. The summed E-state index contributed by atoms with van der Waals surface area (Å²) < 4.78 is 5.07. The molecule has 0 bridgehead atoms. The Balaban J connectivity index is 1.93. The Morgan fingerprint density at radius 3 is 2.81 bits per heavy atom. The van der Waals surface area contributed by atoms with Crippen LogP contribution >= 0.6 is 11.6 Å². The number of hydrogen-bond acceptors (Lipinski definition) is 6. The van der Waals surface area contributed by atoms with Crippen molar-refractivity contribution in [3.8, 4) is 0 Å². The third-order valence-corrected chi connectivity index (χ3v) is 4.42. The lowest BCUT2D eigenvalue weighted by Crippen LogP contribution is -2.38. The van der Waals surface area contributed by atoms with E-state index in [0.717, 1.165) is 25.3 Å². The van der Waals surface area contributed by atoms with E-state index in [9.17, 15) is 24.5 Å². The van der Waals surface area contributed by atoms with E-state index >= 15 is 0 Å². The Kier molecular flexibility index (Phi) is 7.12. The number of hydrogen-bond donors (Lipinski definition) is 1. The number of amides is 2. The van der Waals surface area contributed by atoms with Gasteiger partial charge in [-0.05, 0) is 25.8 Å². The van der Waals surface area contributed by atoms with Gasteiger partial charge in [-0.15, -0.1) is 0 Å². The number of esters is 1. The first kappa shape index (κ1) is 20.6. The highest BCUT2D eigenvalue weighted by atomic mass is 35.5. The minimum absolute atomic E-state index is 0.0430. The Hall–Kier alpha value is -2.68. The number of likely N-dealkylation sites (tertiary alicyclic amines) is 1. The largest absolute Gasteiger partial charge is 0.451 e. The Bertz CT molecular complexity index is 754. The lowest BCUT2D eigenvalue weighted by Gasteiger charge is -2.21. The molecule has 1 aromatic carbocycles. The van der Waals surface area contributed by atoms with Crippen LogP contribution in [0, 0.1) is 10.1 Å². The highest BCUT2D eigenvalue weighted by Crippen LogP contribution is 2.26. The zero-order valence-corrected chi connectivity index (χ0v) is 15.5. The number of non-ortho nitro benzene ring substituents is 1. The molecule has 0 radical (unpaired) electrons. The molecule has 1 aliphatic rings. The Morgan fingerprint density at radius 2 is 2.11 bits per heavy atom. The van der Waals surface area contributed by atoms with Crippen LogP contribution in [0.4, 0.5) is 11.4 Å². The predicted molar refractivity (Wildman–Crippen MR) is 97.3 cm³/mol. The molecule has 2 amide bonds. The van der Waals surface area contributed by atoms with Gasteiger partial charge >= 0.3 is 5.97 Å². The maximum absolute atomic E-state index is 12.2. The second-order valence-electron chi connectivity index (χ2n) is 6.17. The second-order valence-corrected chi connectivity index (χ2v) is 6.58. The van der Waals surface area contributed by atoms with Crippen LogP contribution in [0.3, 0.4) is 0 Å². The molecule has 1 aromatic rings. The number of nitro benzene ring substituents is 1. The van der Waals surface area contributed by atoms with Crippen molar-refractivity contribution in [3.05, 3.63) is 33.3 Å². The van der Waals surface area contributed by atoms with E-state index in [1.807, 2.05) is 0 Å². The zero-order valence-electron chi connectivity index (χ0n) is 14.8. The normalized spacial score (nSPS) is 15.6. The van der Waals surface area contributed by atoms with Crippen molar-refractivity contribution in [2.75, 3.05) is 18.4 Å². The number of halogens is 1. The quantitative estimate of drug-likeness (QED) is 0.447. The second kappa shape index (κ2) is 9.31. The van der Waals surface area contributed by atoms with E-state index in [2.05, 4.69) is 5.32 Å². The van der Waals surface area contributed by atoms with Crippen molar-refractivity contribution in [1.29, 1.82) is 0 Å². The molecule has 0 aromatic heterocycles. The van der Waals surface area contributed by atoms with E-state index in [4.69, 9.17) is 16.3 Å². The number of nitrogens with one attached hydrogen (secondary N) is 1. The van der Waals surface area contributed by atoms with Gasteiger partial charge in [0.05, 0.1) is 15.6 Å². The van der Waals surface area contributed by atoms with Gasteiger partial charge in [-0.25, -0.2) is 0 Å². The molecule has 0 unspecified atom stereocenters. The standard InChI is InChI=1S/C17H20ClN3O6/c1-11(27-16(23)10-20-8-4-2-3-5-15(20)22)17(24)19-14-9-12(21(25)26)6-7-13(14)18/h6-7,9,11H,2-5,8,10H2,1H3,(H,19,24)/t11-/m1/s1. The number of nitrogens with zero attached hydrogens (tertiary/aromatic N) is 2. The summed E-state index contributed by atoms with van der Waals surface area (Å²) in [6.07, 6.45) is 1.79. The molecule has 146 valence electrons. The lowest BCUT2D eigenvalue weighted by molar-refractivity contribution is -0.384. The van der Waals surface area contributed by atoms with Crippen LogP contribution in [0.25, 0.3) is 0 Å². The van der Waals surface area contributed by atoms with Gasteiger partial charge in [0.15, 0.2) is 6.10 Å². The molecule has 1 aliphatic heterocycles. The van der Waals surface area contributed by atoms with Crippen molar-refractivity contribution in [1.82, 2.24) is 4.90 Å². The average Bonchev–Trinajstić information content (AvgIpc) is 2.81. The van der Waals surface area contributed by atoms with Crippen LogP contribution < -0.4 is 5.32 Å². The first-order chi connectivity index (χ1) is 12.8. The highest BCUT2D eigenvalue weighted by Gasteiger charge is 2.24. The van der Waals surface area contributed by atoms with Crippen LogP contribution in [0.15, 0.2) is 18.2 Å². The summed E-state index contributed by atoms with van der Waals surface area (Å²) in [7, 11) is 0. The number of benzene rings is 1. The number of nitro groups is 1. The van der Waals surface area contributed by atoms with Gasteiger partial charge < -0.3 is 15.0 Å². The first-order valence-electron chi connectivity index (χ1n) is 8.50. The van der Waals surface area contributed by atoms with E-state index in [-0.39, 0.29) is 28.8 Å². The van der Waals surface area contributed by atoms with Gasteiger partial charge in [-0.1, -0.05) is 18.0 Å². The van der Waals surface area contributed by atoms with Gasteiger partial charge in [-0.3, -0.25) is 24.5 Å². The fourth-order valence-electron chi connectivity index (χ4n) is 2.61. The monoisotopic (exact) mass is 397 g/mol. The van der Waals surface area contributed by atoms with Crippen LogP contribution in [-0.4, -0.2) is 46.8 Å². The Labute approximate surface area is 160 Å². The smallest absolute Gasteiger partial charge is 0.326 e. The molecule has 27 heavy (non-hydrogen) atoms. The van der Waals surface area contributed by atoms with Crippen molar-refractivity contribution in [3.63, 3.8) is 0 Å². The van der Waals surface area contributed by atoms with Gasteiger partial charge in [0.1, 0.15) is 6.54 Å². The molecule has 0 saturated carbocycles. The van der Waals surface area contributed by atoms with Crippen LogP contribution in [0.1, 0.15) is 32.6 Å². The van der Waals surface area contributed by atoms with E-state index < -0.39 is 22.9 Å². The number of anilines is 1. The molecular weight excluding hydrogens is 378 g/mol. The molecule has 10 heteroatoms. The zero-order chi connectivity index (χ0) is 20.0. The van der Waals surface area contributed by atoms with E-state index in [0.29, 0.717) is 13.0 Å². The third kappa shape index (κ3) is 5.92. The summed E-state index contributed by atoms with van der Waals surface area (Å²) in [6, 6.07) is 3.61. The van der Waals surface area contributed by atoms with Gasteiger partial charge in [-0.2, -0.15) is 0 Å². The molecule has 1 heterocycles. The molecule has 2 rings (SSSR count). The lowest BCUT2D eigenvalue weighted by atomic mass is 10.2. The van der Waals surface area contributed by atoms with Crippen molar-refractivity contribution in [2.24, 2.45) is 0 Å². The van der Waals surface area contributed by atoms with E-state index in [1.54, 1.807) is 0 Å². The van der Waals surface area contributed by atoms with Gasteiger partial charge in [0.2, 0.25) is 5.91 Å². The summed E-state index contributed by atoms with van der Waals surface area (Å²) in [5.74, 6) is -1.49. The molecule has 1 atom stereocenters. The number of carbonyl (C=O) groups excluding carboxylic acids is 3. The molecule has 1 saturated heterocycles. The van der Waals surface area contributed by atoms with Crippen LogP contribution in [-0.2, 0) is 19.1 Å². The summed E-state index contributed by atoms with van der Waals surface area (Å²) >= 11 is 5.93. The Morgan fingerprint density at radius 1 is 1.37 bits per heavy atom. The minimum Gasteiger partial charge on any atom is -0.451 e. The molecular formula is C17H20ClN3O6. The average molecular weight is 398 g/mol. The summed E-state index contributed by atoms with van der Waals surface area (Å²) in [5.41, 5.74) is -0.194. The predicted octanol–water partition coefficient (Wildman–Crippen LogP) is 2.52. The van der Waals surface area contributed by atoms with E-state index in [1.165, 1.54) is 24.0 Å². The minimum atomic E-state index is -1.16. The van der Waals surface area contributed by atoms with Crippen LogP contribution in [0.2, 0.25) is 5.02 Å². The maximum Gasteiger partial charge on any atom is 0.326 e. The van der Waals surface area contributed by atoms with Crippen molar-refractivity contribution >= 4 is 40.8 Å². The topological polar surface area (TPSA) is 119 Å². The molecule has 0 spiro atoms. The highest BCUT2D eigenvalue weighted by molar-refractivity contribution is 6.33. The fraction of sp³-hybridized carbons (Fsp3) is 0.471. The summed E-state index contributed by atoms with van der Waals surface area (Å²) in [6.45, 7) is 1.63. The molecule has 1 N–H and O–H groups in total. The van der Waals surface area contributed by atoms with Crippen LogP contribution in [0.5, 0.6) is 0 Å². The number of ether oxygens (including phenoxy) is 1. The molecule has 1 fully saturated rings. The molecule has 9 nitrogen and oxygen atoms in total. The van der Waals surface area contributed by atoms with Gasteiger partial charge in [0, 0.05) is 25.1 Å². The SMILES string of the molecule is C[C@@H](OC(=O)CN1CCCCCC1=O)C(=O)Nc1cc([N+](=O)[O-])ccc1Cl. The fourth-order valence-corrected chi connectivity index (χ4v) is 2.77. The van der Waals surface area contributed by atoms with Crippen molar-refractivity contribution in [2.45, 2.75) is 38.7 Å². The third-order valence-electron chi connectivity index (χ3n) is 4.09. The van der Waals surface area contributed by atoms with Crippen molar-refractivity contribution < 1.29 is 24.0 Å². The maximum atomic E-state index is 12.2. The summed E-state index contributed by atoms with van der Waals surface area (Å²) in [4.78, 5) is 47.8. The van der Waals surface area contributed by atoms with Gasteiger partial charge in [0.25, 0.3) is 11.6 Å². The molecule has 0 aliphatic carbocycles. The first-order valence-corrected chi connectivity index (χ1v) is 8.88.